The second-order valence-electron chi connectivity index (χ2n) is 7.55. The molecule has 0 heterocycles. The van der Waals surface area contributed by atoms with Gasteiger partial charge in [-0.05, 0) is 48.5 Å². The summed E-state index contributed by atoms with van der Waals surface area (Å²) in [6.45, 7) is 0. The van der Waals surface area contributed by atoms with Gasteiger partial charge >= 0.3 is 0 Å². The van der Waals surface area contributed by atoms with Crippen LogP contribution < -0.4 is 20.9 Å². The zero-order valence-corrected chi connectivity index (χ0v) is 19.0. The quantitative estimate of drug-likeness (QED) is 0.278. The summed E-state index contributed by atoms with van der Waals surface area (Å²) in [4.78, 5) is 26.7. The fourth-order valence-corrected chi connectivity index (χ4v) is 4.06. The predicted molar refractivity (Wildman–Crippen MR) is 132 cm³/mol. The Hall–Kier alpha value is -4.00. The highest BCUT2D eigenvalue weighted by Crippen LogP contribution is 2.50. The highest BCUT2D eigenvalue weighted by molar-refractivity contribution is 6.33. The van der Waals surface area contributed by atoms with Gasteiger partial charge < -0.3 is 20.9 Å². The molecule has 0 aliphatic heterocycles. The number of hydrogen-bond donors (Lipinski definition) is 2. The Balaban J connectivity index is 1.74. The number of benzene rings is 4. The van der Waals surface area contributed by atoms with E-state index in [1.54, 1.807) is 72.8 Å². The number of ether oxygens (including phenoxy) is 2. The van der Waals surface area contributed by atoms with Crippen molar-refractivity contribution < 1.29 is 19.1 Å². The first-order valence-electron chi connectivity index (χ1n) is 10.2. The van der Waals surface area contributed by atoms with E-state index in [4.69, 9.17) is 44.1 Å². The zero-order chi connectivity index (χ0) is 24.0. The minimum absolute atomic E-state index is 0.00838. The molecule has 0 fully saturated rings. The fourth-order valence-electron chi connectivity index (χ4n) is 3.80. The molecule has 168 valence electrons. The number of carbonyl (C=O) groups is 2. The lowest BCUT2D eigenvalue weighted by molar-refractivity contribution is 0.0980. The van der Waals surface area contributed by atoms with E-state index in [-0.39, 0.29) is 45.1 Å². The largest absolute Gasteiger partial charge is 0.451 e. The van der Waals surface area contributed by atoms with Gasteiger partial charge in [-0.1, -0.05) is 47.5 Å². The number of fused-ring (bicyclic) bond motifs is 2. The summed E-state index contributed by atoms with van der Waals surface area (Å²) in [5.74, 6) is -0.0670. The molecule has 4 aromatic carbocycles. The van der Waals surface area contributed by atoms with Crippen molar-refractivity contribution in [3.63, 3.8) is 0 Å². The van der Waals surface area contributed by atoms with E-state index in [0.717, 1.165) is 0 Å². The van der Waals surface area contributed by atoms with E-state index in [2.05, 4.69) is 0 Å². The molecule has 4 N–H and O–H groups in total. The van der Waals surface area contributed by atoms with Gasteiger partial charge in [-0.3, -0.25) is 9.59 Å². The minimum Gasteiger partial charge on any atom is -0.451 e. The molecule has 0 unspecified atom stereocenters. The third kappa shape index (κ3) is 3.63. The number of ketones is 2. The topological polar surface area (TPSA) is 105 Å². The van der Waals surface area contributed by atoms with Crippen molar-refractivity contribution in [3.8, 4) is 23.0 Å². The first kappa shape index (κ1) is 21.8. The lowest BCUT2D eigenvalue weighted by Crippen LogP contribution is -2.24. The number of anilines is 2. The van der Waals surface area contributed by atoms with Gasteiger partial charge in [0.05, 0.1) is 22.5 Å². The SMILES string of the molecule is Nc1c(Oc2ccc(Cl)cc2)c(Oc2ccc(Cl)cc2)c(N)c2c1C(=O)c1ccccc1C2=O. The summed E-state index contributed by atoms with van der Waals surface area (Å²) >= 11 is 12.0. The van der Waals surface area contributed by atoms with Gasteiger partial charge in [-0.2, -0.15) is 0 Å². The summed E-state index contributed by atoms with van der Waals surface area (Å²) in [5, 5.41) is 1.03. The van der Waals surface area contributed by atoms with E-state index < -0.39 is 11.6 Å². The van der Waals surface area contributed by atoms with Crippen LogP contribution in [0.1, 0.15) is 31.8 Å². The molecule has 0 saturated carbocycles. The van der Waals surface area contributed by atoms with Gasteiger partial charge in [0, 0.05) is 21.2 Å². The molecular weight excluding hydrogens is 475 g/mol. The third-order valence-electron chi connectivity index (χ3n) is 5.42. The number of nitrogens with two attached hydrogens (primary N) is 2. The van der Waals surface area contributed by atoms with Crippen LogP contribution in [0.15, 0.2) is 72.8 Å². The van der Waals surface area contributed by atoms with Gasteiger partial charge in [0.1, 0.15) is 11.5 Å². The average molecular weight is 491 g/mol. The van der Waals surface area contributed by atoms with E-state index >= 15 is 0 Å². The molecular formula is C26H16Cl2N2O4. The van der Waals surface area contributed by atoms with Crippen LogP contribution in [0.4, 0.5) is 11.4 Å². The third-order valence-corrected chi connectivity index (χ3v) is 5.93. The maximum Gasteiger partial charge on any atom is 0.196 e. The second kappa shape index (κ2) is 8.41. The van der Waals surface area contributed by atoms with Gasteiger partial charge in [0.25, 0.3) is 0 Å². The number of hydrogen-bond acceptors (Lipinski definition) is 6. The van der Waals surface area contributed by atoms with E-state index in [1.807, 2.05) is 0 Å². The first-order chi connectivity index (χ1) is 16.3. The van der Waals surface area contributed by atoms with Crippen molar-refractivity contribution in [3.05, 3.63) is 105 Å². The molecule has 0 saturated heterocycles. The molecule has 0 radical (unpaired) electrons. The molecule has 0 spiro atoms. The Morgan fingerprint density at radius 1 is 0.559 bits per heavy atom. The van der Waals surface area contributed by atoms with Crippen molar-refractivity contribution in [2.75, 3.05) is 11.5 Å². The van der Waals surface area contributed by atoms with Gasteiger partial charge in [0.15, 0.2) is 23.1 Å². The molecule has 0 aromatic heterocycles. The van der Waals surface area contributed by atoms with Crippen molar-refractivity contribution in [2.45, 2.75) is 0 Å². The van der Waals surface area contributed by atoms with Gasteiger partial charge in [-0.25, -0.2) is 0 Å². The van der Waals surface area contributed by atoms with Crippen molar-refractivity contribution in [1.82, 2.24) is 0 Å². The highest BCUT2D eigenvalue weighted by atomic mass is 35.5. The molecule has 1 aliphatic rings. The van der Waals surface area contributed by atoms with E-state index in [0.29, 0.717) is 21.5 Å². The first-order valence-corrected chi connectivity index (χ1v) is 10.9. The predicted octanol–water partition coefficient (Wildman–Crippen LogP) is 6.52. The highest BCUT2D eigenvalue weighted by Gasteiger charge is 2.37. The maximum absolute atomic E-state index is 13.4. The van der Waals surface area contributed by atoms with Crippen LogP contribution in [0.2, 0.25) is 10.0 Å². The van der Waals surface area contributed by atoms with Crippen LogP contribution in [-0.2, 0) is 0 Å². The molecule has 6 nitrogen and oxygen atoms in total. The number of halogens is 2. The second-order valence-corrected chi connectivity index (χ2v) is 8.42. The lowest BCUT2D eigenvalue weighted by atomic mass is 9.82. The van der Waals surface area contributed by atoms with Gasteiger partial charge in [-0.15, -0.1) is 0 Å². The number of rotatable bonds is 4. The fraction of sp³-hybridized carbons (Fsp3) is 0. The zero-order valence-electron chi connectivity index (χ0n) is 17.5. The Kier molecular flexibility index (Phi) is 5.40. The lowest BCUT2D eigenvalue weighted by Gasteiger charge is -2.25. The molecule has 34 heavy (non-hydrogen) atoms. The summed E-state index contributed by atoms with van der Waals surface area (Å²) < 4.78 is 12.1. The number of nitrogen functional groups attached to an aromatic ring is 2. The van der Waals surface area contributed by atoms with Gasteiger partial charge in [0.2, 0.25) is 0 Å². The molecule has 0 atom stereocenters. The van der Waals surface area contributed by atoms with E-state index in [1.165, 1.54) is 0 Å². The Morgan fingerprint density at radius 2 is 0.912 bits per heavy atom. The smallest absolute Gasteiger partial charge is 0.196 e. The summed E-state index contributed by atoms with van der Waals surface area (Å²) in [5.41, 5.74) is 13.2. The van der Waals surface area contributed by atoms with Crippen LogP contribution >= 0.6 is 23.2 Å². The molecule has 0 amide bonds. The van der Waals surface area contributed by atoms with Crippen molar-refractivity contribution >= 4 is 46.1 Å². The van der Waals surface area contributed by atoms with Crippen LogP contribution in [0.25, 0.3) is 0 Å². The van der Waals surface area contributed by atoms with Crippen molar-refractivity contribution in [2.24, 2.45) is 0 Å². The monoisotopic (exact) mass is 490 g/mol. The average Bonchev–Trinajstić information content (AvgIpc) is 2.84. The van der Waals surface area contributed by atoms with Crippen LogP contribution in [-0.4, -0.2) is 11.6 Å². The standard InChI is InChI=1S/C26H16Cl2N2O4/c27-13-5-9-15(10-6-13)33-25-21(29)19-20(24(32)18-4-2-1-3-17(18)23(19)31)22(30)26(25)34-16-11-7-14(28)8-12-16/h1-12H,29-30H2. The maximum atomic E-state index is 13.4. The number of carbonyl (C=O) groups excluding carboxylic acids is 2. The Bertz CT molecular complexity index is 1350. The van der Waals surface area contributed by atoms with Crippen molar-refractivity contribution in [1.29, 1.82) is 0 Å². The molecule has 5 rings (SSSR count). The van der Waals surface area contributed by atoms with Crippen LogP contribution in [0.5, 0.6) is 23.0 Å². The van der Waals surface area contributed by atoms with Crippen LogP contribution in [0.3, 0.4) is 0 Å². The Labute approximate surface area is 204 Å². The summed E-state index contributed by atoms with van der Waals surface area (Å²) in [7, 11) is 0. The summed E-state index contributed by atoms with van der Waals surface area (Å²) in [6, 6.07) is 19.6. The molecule has 0 bridgehead atoms. The van der Waals surface area contributed by atoms with E-state index in [9.17, 15) is 9.59 Å². The molecule has 4 aromatic rings. The minimum atomic E-state index is -0.423. The Morgan fingerprint density at radius 3 is 1.26 bits per heavy atom. The normalized spacial score (nSPS) is 12.2. The van der Waals surface area contributed by atoms with Crippen LogP contribution in [0, 0.1) is 0 Å². The molecule has 1 aliphatic carbocycles. The summed E-state index contributed by atoms with van der Waals surface area (Å²) in [6.07, 6.45) is 0. The molecule has 8 heteroatoms.